The van der Waals surface area contributed by atoms with Gasteiger partial charge >= 0.3 is 6.09 Å². The molecule has 3 rings (SSSR count). The first-order chi connectivity index (χ1) is 11.2. The van der Waals surface area contributed by atoms with Crippen LogP contribution in [-0.4, -0.2) is 18.4 Å². The van der Waals surface area contributed by atoms with E-state index in [2.05, 4.69) is 5.32 Å². The minimum absolute atomic E-state index is 0.0690. The van der Waals surface area contributed by atoms with Crippen LogP contribution in [-0.2, 0) is 11.3 Å². The number of ketones is 1. The molecule has 1 heterocycles. The van der Waals surface area contributed by atoms with Crippen molar-refractivity contribution in [3.8, 4) is 0 Å². The molecule has 23 heavy (non-hydrogen) atoms. The van der Waals surface area contributed by atoms with Gasteiger partial charge in [0.1, 0.15) is 6.61 Å². The van der Waals surface area contributed by atoms with Crippen LogP contribution in [0.15, 0.2) is 60.7 Å². The summed E-state index contributed by atoms with van der Waals surface area (Å²) in [5.74, 6) is -0.122. The number of Topliss-reactive ketones (excluding diaryl/α,β-unsaturated/α-hetero) is 1. The van der Waals surface area contributed by atoms with Crippen molar-refractivity contribution in [2.45, 2.75) is 6.61 Å². The van der Waals surface area contributed by atoms with E-state index in [1.807, 2.05) is 60.7 Å². The second-order valence-corrected chi connectivity index (χ2v) is 6.07. The van der Waals surface area contributed by atoms with Crippen molar-refractivity contribution in [3.05, 3.63) is 71.1 Å². The number of hydrogen-bond donors (Lipinski definition) is 1. The highest BCUT2D eigenvalue weighted by molar-refractivity contribution is 7.20. The second kappa shape index (κ2) is 7.07. The molecule has 0 saturated carbocycles. The van der Waals surface area contributed by atoms with Gasteiger partial charge in [0, 0.05) is 4.70 Å². The number of rotatable bonds is 5. The molecule has 0 fully saturated rings. The second-order valence-electron chi connectivity index (χ2n) is 4.99. The zero-order chi connectivity index (χ0) is 16.1. The summed E-state index contributed by atoms with van der Waals surface area (Å²) in [5.41, 5.74) is 0.901. The third-order valence-electron chi connectivity index (χ3n) is 3.31. The maximum Gasteiger partial charge on any atom is 0.407 e. The number of ether oxygens (including phenoxy) is 1. The Hall–Kier alpha value is -2.66. The van der Waals surface area contributed by atoms with Crippen LogP contribution < -0.4 is 5.32 Å². The van der Waals surface area contributed by atoms with E-state index in [-0.39, 0.29) is 18.9 Å². The number of hydrogen-bond acceptors (Lipinski definition) is 4. The molecule has 2 aromatic carbocycles. The Kier molecular flexibility index (Phi) is 4.68. The van der Waals surface area contributed by atoms with E-state index in [4.69, 9.17) is 4.74 Å². The SMILES string of the molecule is O=C(NCC(=O)c1cc2ccccc2s1)OCc1ccccc1. The summed E-state index contributed by atoms with van der Waals surface area (Å²) in [6.07, 6.45) is -0.594. The zero-order valence-corrected chi connectivity index (χ0v) is 13.1. The van der Waals surface area contributed by atoms with Gasteiger partial charge in [0.15, 0.2) is 5.78 Å². The number of amides is 1. The summed E-state index contributed by atoms with van der Waals surface area (Å²) in [6.45, 7) is 0.115. The number of benzene rings is 2. The minimum Gasteiger partial charge on any atom is -0.445 e. The Morgan fingerprint density at radius 1 is 1.00 bits per heavy atom. The lowest BCUT2D eigenvalue weighted by atomic mass is 10.2. The van der Waals surface area contributed by atoms with Gasteiger partial charge in [-0.25, -0.2) is 4.79 Å². The van der Waals surface area contributed by atoms with Gasteiger partial charge in [-0.3, -0.25) is 4.79 Å². The quantitative estimate of drug-likeness (QED) is 0.721. The van der Waals surface area contributed by atoms with E-state index in [1.165, 1.54) is 11.3 Å². The molecular formula is C18H15NO3S. The number of fused-ring (bicyclic) bond motifs is 1. The van der Waals surface area contributed by atoms with Gasteiger partial charge in [-0.05, 0) is 23.1 Å². The van der Waals surface area contributed by atoms with Crippen molar-refractivity contribution in [3.63, 3.8) is 0 Å². The maximum absolute atomic E-state index is 12.1. The molecule has 0 aliphatic heterocycles. The van der Waals surface area contributed by atoms with Crippen molar-refractivity contribution < 1.29 is 14.3 Å². The number of carbonyl (C=O) groups excluding carboxylic acids is 2. The lowest BCUT2D eigenvalue weighted by molar-refractivity contribution is 0.0978. The first kappa shape index (κ1) is 15.2. The van der Waals surface area contributed by atoms with E-state index in [9.17, 15) is 9.59 Å². The van der Waals surface area contributed by atoms with Gasteiger partial charge in [0.2, 0.25) is 0 Å². The summed E-state index contributed by atoms with van der Waals surface area (Å²) < 4.78 is 6.13. The summed E-state index contributed by atoms with van der Waals surface area (Å²) in [7, 11) is 0. The van der Waals surface area contributed by atoms with E-state index >= 15 is 0 Å². The molecule has 0 bridgehead atoms. The molecule has 116 valence electrons. The first-order valence-corrected chi connectivity index (χ1v) is 8.00. The van der Waals surface area contributed by atoms with Crippen molar-refractivity contribution in [1.29, 1.82) is 0 Å². The van der Waals surface area contributed by atoms with E-state index in [0.29, 0.717) is 4.88 Å². The van der Waals surface area contributed by atoms with Crippen LogP contribution in [0, 0.1) is 0 Å². The molecule has 0 atom stereocenters. The topological polar surface area (TPSA) is 55.4 Å². The normalized spacial score (nSPS) is 10.4. The van der Waals surface area contributed by atoms with Crippen LogP contribution in [0.3, 0.4) is 0 Å². The molecule has 0 aliphatic carbocycles. The number of carbonyl (C=O) groups is 2. The van der Waals surface area contributed by atoms with Crippen molar-refractivity contribution >= 4 is 33.3 Å². The van der Waals surface area contributed by atoms with Crippen molar-refractivity contribution in [1.82, 2.24) is 5.32 Å². The lowest BCUT2D eigenvalue weighted by Crippen LogP contribution is -2.29. The molecule has 1 aromatic heterocycles. The fourth-order valence-corrected chi connectivity index (χ4v) is 3.13. The highest BCUT2D eigenvalue weighted by Gasteiger charge is 2.12. The summed E-state index contributed by atoms with van der Waals surface area (Å²) >= 11 is 1.43. The number of nitrogens with one attached hydrogen (secondary N) is 1. The molecule has 1 N–H and O–H groups in total. The van der Waals surface area contributed by atoms with Crippen LogP contribution in [0.5, 0.6) is 0 Å². The van der Waals surface area contributed by atoms with Gasteiger partial charge < -0.3 is 10.1 Å². The minimum atomic E-state index is -0.594. The summed E-state index contributed by atoms with van der Waals surface area (Å²) in [5, 5.41) is 3.53. The molecule has 5 heteroatoms. The van der Waals surface area contributed by atoms with E-state index < -0.39 is 6.09 Å². The number of thiophene rings is 1. The molecule has 3 aromatic rings. The average molecular weight is 325 g/mol. The first-order valence-electron chi connectivity index (χ1n) is 7.19. The molecule has 0 radical (unpaired) electrons. The third kappa shape index (κ3) is 3.96. The summed E-state index contributed by atoms with van der Waals surface area (Å²) in [6, 6.07) is 19.0. The summed E-state index contributed by atoms with van der Waals surface area (Å²) in [4.78, 5) is 24.4. The average Bonchev–Trinajstić information content (AvgIpc) is 3.03. The van der Waals surface area contributed by atoms with Crippen LogP contribution in [0.25, 0.3) is 10.1 Å². The largest absolute Gasteiger partial charge is 0.445 e. The van der Waals surface area contributed by atoms with Crippen molar-refractivity contribution in [2.24, 2.45) is 0 Å². The van der Waals surface area contributed by atoms with Gasteiger partial charge in [-0.1, -0.05) is 48.5 Å². The van der Waals surface area contributed by atoms with Gasteiger partial charge in [-0.2, -0.15) is 0 Å². The Labute approximate surface area is 137 Å². The highest BCUT2D eigenvalue weighted by Crippen LogP contribution is 2.25. The van der Waals surface area contributed by atoms with Gasteiger partial charge in [0.25, 0.3) is 0 Å². The fraction of sp³-hybridized carbons (Fsp3) is 0.111. The van der Waals surface area contributed by atoms with Crippen LogP contribution in [0.1, 0.15) is 15.2 Å². The Balaban J connectivity index is 1.51. The highest BCUT2D eigenvalue weighted by atomic mass is 32.1. The monoisotopic (exact) mass is 325 g/mol. The van der Waals surface area contributed by atoms with Gasteiger partial charge in [-0.15, -0.1) is 11.3 Å². The van der Waals surface area contributed by atoms with Crippen LogP contribution in [0.2, 0.25) is 0 Å². The third-order valence-corrected chi connectivity index (χ3v) is 4.46. The predicted molar refractivity (Wildman–Crippen MR) is 90.8 cm³/mol. The lowest BCUT2D eigenvalue weighted by Gasteiger charge is -2.06. The van der Waals surface area contributed by atoms with Gasteiger partial charge in [0.05, 0.1) is 11.4 Å². The van der Waals surface area contributed by atoms with Crippen molar-refractivity contribution in [2.75, 3.05) is 6.54 Å². The Morgan fingerprint density at radius 3 is 2.52 bits per heavy atom. The fourth-order valence-electron chi connectivity index (χ4n) is 2.13. The van der Waals surface area contributed by atoms with Crippen LogP contribution >= 0.6 is 11.3 Å². The molecular weight excluding hydrogens is 310 g/mol. The standard InChI is InChI=1S/C18H15NO3S/c20-15(17-10-14-8-4-5-9-16(14)23-17)11-19-18(21)22-12-13-6-2-1-3-7-13/h1-10H,11-12H2,(H,19,21). The molecule has 4 nitrogen and oxygen atoms in total. The molecule has 0 unspecified atom stereocenters. The Morgan fingerprint density at radius 2 is 1.74 bits per heavy atom. The zero-order valence-electron chi connectivity index (χ0n) is 12.3. The molecule has 0 spiro atoms. The smallest absolute Gasteiger partial charge is 0.407 e. The van der Waals surface area contributed by atoms with E-state index in [1.54, 1.807) is 0 Å². The number of alkyl carbamates (subject to hydrolysis) is 1. The maximum atomic E-state index is 12.1. The molecule has 0 saturated heterocycles. The molecule has 1 amide bonds. The Bertz CT molecular complexity index is 793. The van der Waals surface area contributed by atoms with E-state index in [0.717, 1.165) is 15.6 Å². The predicted octanol–water partition coefficient (Wildman–Crippen LogP) is 4.01. The molecule has 0 aliphatic rings. The van der Waals surface area contributed by atoms with Crippen LogP contribution in [0.4, 0.5) is 4.79 Å².